The van der Waals surface area contributed by atoms with Crippen molar-refractivity contribution in [2.75, 3.05) is 0 Å². The van der Waals surface area contributed by atoms with Gasteiger partial charge in [0.1, 0.15) is 0 Å². The number of hydrogen-bond donors (Lipinski definition) is 0. The minimum atomic E-state index is -0.345. The summed E-state index contributed by atoms with van der Waals surface area (Å²) in [4.78, 5) is 37.6. The maximum absolute atomic E-state index is 13.9. The van der Waals surface area contributed by atoms with Gasteiger partial charge < -0.3 is 9.32 Å². The lowest BCUT2D eigenvalue weighted by molar-refractivity contribution is 0.0722. The number of rotatable bonds is 7. The Morgan fingerprint density at radius 3 is 2.31 bits per heavy atom. The summed E-state index contributed by atoms with van der Waals surface area (Å²) in [7, 11) is 1.84. The van der Waals surface area contributed by atoms with Gasteiger partial charge in [-0.3, -0.25) is 19.3 Å². The fraction of sp³-hybridized carbons (Fsp3) is 0.143. The Bertz CT molecular complexity index is 1540. The molecule has 5 aromatic rings. The van der Waals surface area contributed by atoms with E-state index in [1.807, 2.05) is 97.5 Å². The molecule has 36 heavy (non-hydrogen) atoms. The van der Waals surface area contributed by atoms with Crippen LogP contribution in [-0.4, -0.2) is 30.1 Å². The second kappa shape index (κ2) is 9.87. The number of oxazole rings is 1. The van der Waals surface area contributed by atoms with Crippen molar-refractivity contribution in [1.82, 2.24) is 24.2 Å². The number of pyridine rings is 1. The zero-order chi connectivity index (χ0) is 25.1. The molecule has 3 heterocycles. The first-order chi connectivity index (χ1) is 17.5. The molecule has 8 heteroatoms. The average Bonchev–Trinajstić information content (AvgIpc) is 3.49. The van der Waals surface area contributed by atoms with E-state index in [0.717, 1.165) is 16.9 Å². The Labute approximate surface area is 208 Å². The van der Waals surface area contributed by atoms with E-state index >= 15 is 0 Å². The molecule has 1 amide bonds. The van der Waals surface area contributed by atoms with Crippen molar-refractivity contribution < 1.29 is 9.21 Å². The van der Waals surface area contributed by atoms with Crippen molar-refractivity contribution in [2.24, 2.45) is 7.05 Å². The van der Waals surface area contributed by atoms with Gasteiger partial charge in [0.15, 0.2) is 17.8 Å². The van der Waals surface area contributed by atoms with Crippen LogP contribution in [0.5, 0.6) is 0 Å². The first kappa shape index (κ1) is 23.0. The third-order valence-corrected chi connectivity index (χ3v) is 6.19. The standard InChI is InChI=1S/C28H25N5O3/c1-20-24(27(34)33(31(20)2)23-14-7-4-8-15-23)18-32(17-22-13-9-10-16-29-22)28(35)25-26(36-19-30-25)21-11-5-3-6-12-21/h3-16,19H,17-18H2,1-2H3. The van der Waals surface area contributed by atoms with Gasteiger partial charge in [-0.15, -0.1) is 0 Å². The number of amides is 1. The quantitative estimate of drug-likeness (QED) is 0.346. The molecule has 0 atom stereocenters. The van der Waals surface area contributed by atoms with Crippen LogP contribution in [0.25, 0.3) is 17.0 Å². The van der Waals surface area contributed by atoms with Crippen LogP contribution in [0.15, 0.2) is 101 Å². The van der Waals surface area contributed by atoms with Gasteiger partial charge in [0.2, 0.25) is 0 Å². The Hall–Kier alpha value is -4.72. The van der Waals surface area contributed by atoms with Crippen molar-refractivity contribution in [3.8, 4) is 17.0 Å². The van der Waals surface area contributed by atoms with E-state index in [0.29, 0.717) is 17.0 Å². The summed E-state index contributed by atoms with van der Waals surface area (Å²) in [6.45, 7) is 2.18. The molecule has 0 saturated heterocycles. The van der Waals surface area contributed by atoms with Gasteiger partial charge in [0.05, 0.1) is 30.0 Å². The van der Waals surface area contributed by atoms with Gasteiger partial charge in [0, 0.05) is 24.5 Å². The van der Waals surface area contributed by atoms with Crippen LogP contribution >= 0.6 is 0 Å². The van der Waals surface area contributed by atoms with Crippen LogP contribution in [0.4, 0.5) is 0 Å². The number of carbonyl (C=O) groups is 1. The third-order valence-electron chi connectivity index (χ3n) is 6.19. The Morgan fingerprint density at radius 2 is 1.61 bits per heavy atom. The second-order valence-corrected chi connectivity index (χ2v) is 8.42. The molecule has 0 bridgehead atoms. The topological polar surface area (TPSA) is 86.2 Å². The summed E-state index contributed by atoms with van der Waals surface area (Å²) in [5, 5.41) is 0. The molecule has 0 radical (unpaired) electrons. The van der Waals surface area contributed by atoms with E-state index in [9.17, 15) is 9.59 Å². The summed E-state index contributed by atoms with van der Waals surface area (Å²) in [5.41, 5.74) is 3.51. The van der Waals surface area contributed by atoms with Gasteiger partial charge in [0.25, 0.3) is 11.5 Å². The Balaban J connectivity index is 1.56. The number of aromatic nitrogens is 4. The monoisotopic (exact) mass is 479 g/mol. The van der Waals surface area contributed by atoms with E-state index in [1.54, 1.807) is 15.8 Å². The van der Waals surface area contributed by atoms with Crippen LogP contribution < -0.4 is 5.56 Å². The lowest BCUT2D eigenvalue weighted by atomic mass is 10.1. The molecule has 3 aromatic heterocycles. The largest absolute Gasteiger partial charge is 0.443 e. The van der Waals surface area contributed by atoms with Crippen LogP contribution in [0.3, 0.4) is 0 Å². The molecule has 0 saturated carbocycles. The summed E-state index contributed by atoms with van der Waals surface area (Å²) in [6, 6.07) is 24.3. The summed E-state index contributed by atoms with van der Waals surface area (Å²) >= 11 is 0. The molecule has 0 aliphatic rings. The van der Waals surface area contributed by atoms with Crippen molar-refractivity contribution in [3.63, 3.8) is 0 Å². The molecule has 0 fully saturated rings. The lowest BCUT2D eigenvalue weighted by Gasteiger charge is -2.21. The molecule has 180 valence electrons. The molecule has 0 aliphatic heterocycles. The number of hydrogen-bond acceptors (Lipinski definition) is 5. The molecule has 0 N–H and O–H groups in total. The second-order valence-electron chi connectivity index (χ2n) is 8.42. The van der Waals surface area contributed by atoms with Gasteiger partial charge in [-0.2, -0.15) is 0 Å². The highest BCUT2D eigenvalue weighted by molar-refractivity contribution is 5.97. The lowest BCUT2D eigenvalue weighted by Crippen LogP contribution is -2.33. The third kappa shape index (κ3) is 4.36. The first-order valence-corrected chi connectivity index (χ1v) is 11.6. The number of benzene rings is 2. The Morgan fingerprint density at radius 1 is 0.917 bits per heavy atom. The fourth-order valence-electron chi connectivity index (χ4n) is 4.23. The van der Waals surface area contributed by atoms with Gasteiger partial charge >= 0.3 is 0 Å². The zero-order valence-electron chi connectivity index (χ0n) is 20.0. The van der Waals surface area contributed by atoms with Gasteiger partial charge in [-0.05, 0) is 31.2 Å². The summed E-state index contributed by atoms with van der Waals surface area (Å²) in [5.74, 6) is 0.0419. The maximum Gasteiger partial charge on any atom is 0.277 e. The minimum Gasteiger partial charge on any atom is -0.443 e. The number of carbonyl (C=O) groups excluding carboxylic acids is 1. The first-order valence-electron chi connectivity index (χ1n) is 11.6. The number of nitrogens with zero attached hydrogens (tertiary/aromatic N) is 5. The van der Waals surface area contributed by atoms with E-state index in [1.165, 1.54) is 6.39 Å². The van der Waals surface area contributed by atoms with Crippen LogP contribution in [0, 0.1) is 6.92 Å². The molecular formula is C28H25N5O3. The van der Waals surface area contributed by atoms with Crippen molar-refractivity contribution in [2.45, 2.75) is 20.0 Å². The molecule has 0 unspecified atom stereocenters. The minimum absolute atomic E-state index is 0.0921. The molecule has 2 aromatic carbocycles. The fourth-order valence-corrected chi connectivity index (χ4v) is 4.23. The van der Waals surface area contributed by atoms with Gasteiger partial charge in [-0.25, -0.2) is 9.67 Å². The normalized spacial score (nSPS) is 10.9. The van der Waals surface area contributed by atoms with Crippen LogP contribution in [0.2, 0.25) is 0 Å². The van der Waals surface area contributed by atoms with Crippen LogP contribution in [-0.2, 0) is 20.1 Å². The van der Waals surface area contributed by atoms with E-state index in [2.05, 4.69) is 9.97 Å². The average molecular weight is 480 g/mol. The van der Waals surface area contributed by atoms with Gasteiger partial charge in [-0.1, -0.05) is 54.6 Å². The molecule has 0 aliphatic carbocycles. The smallest absolute Gasteiger partial charge is 0.277 e. The van der Waals surface area contributed by atoms with E-state index < -0.39 is 0 Å². The molecule has 8 nitrogen and oxygen atoms in total. The Kier molecular flexibility index (Phi) is 6.32. The van der Waals surface area contributed by atoms with Crippen molar-refractivity contribution in [3.05, 3.63) is 124 Å². The van der Waals surface area contributed by atoms with Crippen LogP contribution in [0.1, 0.15) is 27.4 Å². The summed E-state index contributed by atoms with van der Waals surface area (Å²) < 4.78 is 9.02. The predicted molar refractivity (Wildman–Crippen MR) is 136 cm³/mol. The summed E-state index contributed by atoms with van der Waals surface area (Å²) in [6.07, 6.45) is 2.95. The maximum atomic E-state index is 13.9. The zero-order valence-corrected chi connectivity index (χ0v) is 20.0. The molecule has 5 rings (SSSR count). The SMILES string of the molecule is Cc1c(CN(Cc2ccccn2)C(=O)c2ncoc2-c2ccccc2)c(=O)n(-c2ccccc2)n1C. The van der Waals surface area contributed by atoms with Crippen molar-refractivity contribution in [1.29, 1.82) is 0 Å². The molecule has 0 spiro atoms. The predicted octanol–water partition coefficient (Wildman–Crippen LogP) is 4.38. The number of para-hydroxylation sites is 1. The highest BCUT2D eigenvalue weighted by Gasteiger charge is 2.27. The van der Waals surface area contributed by atoms with E-state index in [-0.39, 0.29) is 30.2 Å². The van der Waals surface area contributed by atoms with Crippen molar-refractivity contribution >= 4 is 5.91 Å². The van der Waals surface area contributed by atoms with E-state index in [4.69, 9.17) is 4.42 Å². The highest BCUT2D eigenvalue weighted by Crippen LogP contribution is 2.25. The molecular weight excluding hydrogens is 454 g/mol. The highest BCUT2D eigenvalue weighted by atomic mass is 16.3.